The Bertz CT molecular complexity index is 528. The molecule has 0 aliphatic heterocycles. The third kappa shape index (κ3) is 4.71. The van der Waals surface area contributed by atoms with Crippen molar-refractivity contribution < 1.29 is 19.6 Å². The van der Waals surface area contributed by atoms with Crippen LogP contribution < -0.4 is 10.1 Å². The maximum atomic E-state index is 11.1. The lowest BCUT2D eigenvalue weighted by atomic mass is 9.95. The molecule has 0 heterocycles. The summed E-state index contributed by atoms with van der Waals surface area (Å²) in [6.45, 7) is 6.09. The van der Waals surface area contributed by atoms with Gasteiger partial charge in [0.25, 0.3) is 0 Å². The van der Waals surface area contributed by atoms with Gasteiger partial charge in [-0.05, 0) is 32.0 Å². The Hall–Kier alpha value is -2.15. The highest BCUT2D eigenvalue weighted by molar-refractivity contribution is 5.73. The minimum atomic E-state index is -1.11. The van der Waals surface area contributed by atoms with Crippen LogP contribution in [0.5, 0.6) is 5.75 Å². The van der Waals surface area contributed by atoms with Gasteiger partial charge >= 0.3 is 11.7 Å². The molecule has 0 bridgehead atoms. The molecule has 2 N–H and O–H groups in total. The van der Waals surface area contributed by atoms with Crippen LogP contribution in [0.25, 0.3) is 0 Å². The molecule has 0 saturated heterocycles. The Labute approximate surface area is 123 Å². The summed E-state index contributed by atoms with van der Waals surface area (Å²) in [7, 11) is 0. The number of nitro groups is 1. The fraction of sp³-hybridized carbons (Fsp3) is 0.500. The summed E-state index contributed by atoms with van der Waals surface area (Å²) in [6, 6.07) is 4.66. The van der Waals surface area contributed by atoms with Crippen LogP contribution in [0, 0.1) is 15.5 Å². The largest absolute Gasteiger partial charge is 0.486 e. The van der Waals surface area contributed by atoms with Gasteiger partial charge in [-0.25, -0.2) is 0 Å². The molecule has 7 nitrogen and oxygen atoms in total. The Balaban J connectivity index is 2.91. The van der Waals surface area contributed by atoms with E-state index in [4.69, 9.17) is 9.84 Å². The number of carbonyl (C=O) groups is 1. The highest BCUT2D eigenvalue weighted by atomic mass is 16.6. The quantitative estimate of drug-likeness (QED) is 0.563. The predicted molar refractivity (Wildman–Crippen MR) is 77.4 cm³/mol. The maximum Gasteiger partial charge on any atom is 0.312 e. The van der Waals surface area contributed by atoms with Crippen LogP contribution >= 0.6 is 0 Å². The summed E-state index contributed by atoms with van der Waals surface area (Å²) in [5, 5.41) is 23.2. The van der Waals surface area contributed by atoms with Crippen molar-refractivity contribution in [3.8, 4) is 5.75 Å². The molecular formula is C14H20N2O5. The fourth-order valence-electron chi connectivity index (χ4n) is 1.53. The first-order valence-corrected chi connectivity index (χ1v) is 6.62. The normalized spacial score (nSPS) is 11.2. The minimum absolute atomic E-state index is 0.0783. The Kier molecular flexibility index (Phi) is 5.66. The number of hydrogen-bond acceptors (Lipinski definition) is 5. The average molecular weight is 296 g/mol. The summed E-state index contributed by atoms with van der Waals surface area (Å²) in [4.78, 5) is 21.6. The lowest BCUT2D eigenvalue weighted by Gasteiger charge is -2.19. The lowest BCUT2D eigenvalue weighted by Crippen LogP contribution is -2.30. The third-order valence-corrected chi connectivity index (χ3v) is 2.97. The Morgan fingerprint density at radius 1 is 1.48 bits per heavy atom. The molecule has 0 aromatic heterocycles. The van der Waals surface area contributed by atoms with Gasteiger partial charge in [-0.2, -0.15) is 0 Å². The molecule has 0 aliphatic carbocycles. The monoisotopic (exact) mass is 296 g/mol. The van der Waals surface area contributed by atoms with E-state index in [1.807, 2.05) is 6.92 Å². The van der Waals surface area contributed by atoms with Crippen molar-refractivity contribution in [1.82, 2.24) is 5.32 Å². The fourth-order valence-corrected chi connectivity index (χ4v) is 1.53. The van der Waals surface area contributed by atoms with Crippen LogP contribution in [0.2, 0.25) is 0 Å². The molecule has 0 atom stereocenters. The number of nitrogens with one attached hydrogen (secondary N) is 1. The van der Waals surface area contributed by atoms with E-state index in [9.17, 15) is 14.9 Å². The molecule has 21 heavy (non-hydrogen) atoms. The second-order valence-corrected chi connectivity index (χ2v) is 5.32. The third-order valence-electron chi connectivity index (χ3n) is 2.97. The standard InChI is InChI=1S/C14H20N2O5/c1-4-15-8-10-5-6-12(11(7-10)16(19)20)21-9-14(2,3)13(17)18/h5-7,15H,4,8-9H2,1-3H3,(H,17,18). The molecule has 0 aliphatic rings. The second kappa shape index (κ2) is 7.03. The van der Waals surface area contributed by atoms with Crippen molar-refractivity contribution in [1.29, 1.82) is 0 Å². The maximum absolute atomic E-state index is 11.1. The van der Waals surface area contributed by atoms with E-state index in [0.717, 1.165) is 12.1 Å². The van der Waals surface area contributed by atoms with Crippen LogP contribution in [0.4, 0.5) is 5.69 Å². The number of rotatable bonds is 8. The van der Waals surface area contributed by atoms with Crippen molar-refractivity contribution in [3.05, 3.63) is 33.9 Å². The molecular weight excluding hydrogens is 276 g/mol. The molecule has 0 spiro atoms. The Morgan fingerprint density at radius 3 is 2.67 bits per heavy atom. The van der Waals surface area contributed by atoms with Gasteiger partial charge in [0.2, 0.25) is 0 Å². The molecule has 7 heteroatoms. The van der Waals surface area contributed by atoms with Crippen molar-refractivity contribution >= 4 is 11.7 Å². The van der Waals surface area contributed by atoms with Gasteiger partial charge in [0, 0.05) is 12.6 Å². The number of carboxylic acids is 1. The van der Waals surface area contributed by atoms with E-state index in [-0.39, 0.29) is 18.0 Å². The van der Waals surface area contributed by atoms with E-state index < -0.39 is 16.3 Å². The number of nitro benzene ring substituents is 1. The van der Waals surface area contributed by atoms with E-state index in [1.54, 1.807) is 6.07 Å². The topological polar surface area (TPSA) is 102 Å². The molecule has 0 saturated carbocycles. The molecule has 116 valence electrons. The minimum Gasteiger partial charge on any atom is -0.486 e. The Morgan fingerprint density at radius 2 is 2.14 bits per heavy atom. The van der Waals surface area contributed by atoms with Crippen molar-refractivity contribution in [2.75, 3.05) is 13.2 Å². The molecule has 1 aromatic carbocycles. The zero-order chi connectivity index (χ0) is 16.0. The van der Waals surface area contributed by atoms with Gasteiger partial charge < -0.3 is 15.2 Å². The van der Waals surface area contributed by atoms with Gasteiger partial charge in [0.15, 0.2) is 5.75 Å². The molecule has 0 fully saturated rings. The van der Waals surface area contributed by atoms with E-state index >= 15 is 0 Å². The zero-order valence-electron chi connectivity index (χ0n) is 12.4. The average Bonchev–Trinajstić information content (AvgIpc) is 2.43. The van der Waals surface area contributed by atoms with Crippen LogP contribution in [0.1, 0.15) is 26.3 Å². The highest BCUT2D eigenvalue weighted by Crippen LogP contribution is 2.29. The van der Waals surface area contributed by atoms with Gasteiger partial charge in [-0.15, -0.1) is 0 Å². The van der Waals surface area contributed by atoms with Crippen LogP contribution in [-0.4, -0.2) is 29.2 Å². The molecule has 1 rings (SSSR count). The van der Waals surface area contributed by atoms with Crippen LogP contribution in [-0.2, 0) is 11.3 Å². The summed E-state index contributed by atoms with van der Waals surface area (Å²) in [5.41, 5.74) is -0.504. The van der Waals surface area contributed by atoms with Gasteiger partial charge in [-0.3, -0.25) is 14.9 Å². The second-order valence-electron chi connectivity index (χ2n) is 5.32. The van der Waals surface area contributed by atoms with Crippen molar-refractivity contribution in [3.63, 3.8) is 0 Å². The predicted octanol–water partition coefficient (Wildman–Crippen LogP) is 2.19. The van der Waals surface area contributed by atoms with E-state index in [0.29, 0.717) is 6.54 Å². The SMILES string of the molecule is CCNCc1ccc(OCC(C)(C)C(=O)O)c([N+](=O)[O-])c1. The molecule has 0 radical (unpaired) electrons. The number of aliphatic carboxylic acids is 1. The van der Waals surface area contributed by atoms with Gasteiger partial charge in [0.1, 0.15) is 6.61 Å². The summed E-state index contributed by atoms with van der Waals surface area (Å²) in [6.07, 6.45) is 0. The summed E-state index contributed by atoms with van der Waals surface area (Å²) < 4.78 is 5.34. The smallest absolute Gasteiger partial charge is 0.312 e. The van der Waals surface area contributed by atoms with Crippen LogP contribution in [0.15, 0.2) is 18.2 Å². The molecule has 0 unspecified atom stereocenters. The number of carboxylic acid groups (broad SMARTS) is 1. The first-order valence-electron chi connectivity index (χ1n) is 6.62. The number of nitrogens with zero attached hydrogens (tertiary/aromatic N) is 1. The first-order chi connectivity index (χ1) is 9.77. The van der Waals surface area contributed by atoms with Crippen molar-refractivity contribution in [2.45, 2.75) is 27.3 Å². The summed E-state index contributed by atoms with van der Waals surface area (Å²) in [5.74, 6) is -0.941. The number of benzene rings is 1. The number of hydrogen-bond donors (Lipinski definition) is 2. The zero-order valence-corrected chi connectivity index (χ0v) is 12.4. The van der Waals surface area contributed by atoms with Crippen LogP contribution in [0.3, 0.4) is 0 Å². The highest BCUT2D eigenvalue weighted by Gasteiger charge is 2.29. The van der Waals surface area contributed by atoms with E-state index in [1.165, 1.54) is 26.0 Å². The first kappa shape index (κ1) is 16.9. The van der Waals surface area contributed by atoms with Crippen molar-refractivity contribution in [2.24, 2.45) is 5.41 Å². The van der Waals surface area contributed by atoms with E-state index in [2.05, 4.69) is 5.32 Å². The van der Waals surface area contributed by atoms with Gasteiger partial charge in [0.05, 0.1) is 10.3 Å². The van der Waals surface area contributed by atoms with Gasteiger partial charge in [-0.1, -0.05) is 13.0 Å². The molecule has 0 amide bonds. The lowest BCUT2D eigenvalue weighted by molar-refractivity contribution is -0.386. The molecule has 1 aromatic rings. The summed E-state index contributed by atoms with van der Waals surface area (Å²) >= 11 is 0. The number of ether oxygens (including phenoxy) is 1.